The number of carbonyl (C=O) groups is 1. The molecule has 4 heteroatoms. The van der Waals surface area contributed by atoms with Crippen LogP contribution in [0.5, 0.6) is 0 Å². The van der Waals surface area contributed by atoms with E-state index in [1.165, 1.54) is 0 Å². The Morgan fingerprint density at radius 2 is 2.09 bits per heavy atom. The van der Waals surface area contributed by atoms with Gasteiger partial charge in [0.2, 0.25) is 5.78 Å². The average Bonchev–Trinajstić information content (AvgIpc) is 1.75. The van der Waals surface area contributed by atoms with Crippen molar-refractivity contribution in [2.75, 3.05) is 0 Å². The van der Waals surface area contributed by atoms with Crippen molar-refractivity contribution in [3.8, 4) is 0 Å². The van der Waals surface area contributed by atoms with Gasteiger partial charge in [-0.05, 0) is 17.5 Å². The van der Waals surface area contributed by atoms with Crippen molar-refractivity contribution in [2.24, 2.45) is 5.92 Å². The van der Waals surface area contributed by atoms with Crippen LogP contribution < -0.4 is 0 Å². The molecule has 0 bridgehead atoms. The maximum absolute atomic E-state index is 12.1. The van der Waals surface area contributed by atoms with Crippen LogP contribution in [0.1, 0.15) is 25.7 Å². The lowest BCUT2D eigenvalue weighted by Gasteiger charge is -2.24. The van der Waals surface area contributed by atoms with E-state index in [-0.39, 0.29) is 12.3 Å². The molecule has 0 N–H and O–H groups in total. The highest BCUT2D eigenvalue weighted by molar-refractivity contribution is 6.32. The number of alkyl halides is 3. The van der Waals surface area contributed by atoms with Crippen LogP contribution in [0.15, 0.2) is 0 Å². The monoisotopic (exact) mass is 182 g/mol. The zero-order chi connectivity index (χ0) is 8.48. The van der Waals surface area contributed by atoms with Gasteiger partial charge in [0.05, 0.1) is 0 Å². The largest absolute Gasteiger partial charge is 0.380 e. The molecule has 64 valence electrons. The van der Waals surface area contributed by atoms with Crippen molar-refractivity contribution in [3.63, 3.8) is 0 Å². The summed E-state index contributed by atoms with van der Waals surface area (Å²) in [5.74, 6) is -0.976. The Kier molecular flexibility index (Phi) is 2.47. The van der Waals surface area contributed by atoms with Gasteiger partial charge in [0.15, 0.2) is 0 Å². The van der Waals surface area contributed by atoms with Gasteiger partial charge in [-0.3, -0.25) is 4.79 Å². The van der Waals surface area contributed by atoms with Crippen molar-refractivity contribution in [1.82, 2.24) is 0 Å². The van der Waals surface area contributed by atoms with Gasteiger partial charge in [0.25, 0.3) is 0 Å². The summed E-state index contributed by atoms with van der Waals surface area (Å²) in [6.45, 7) is 0. The van der Waals surface area contributed by atoms with E-state index in [0.29, 0.717) is 0 Å². The lowest BCUT2D eigenvalue weighted by molar-refractivity contribution is -0.134. The molecule has 0 amide bonds. The van der Waals surface area contributed by atoms with E-state index >= 15 is 0 Å². The molecule has 0 atom stereocenters. The highest BCUT2D eigenvalue weighted by Gasteiger charge is 2.37. The third-order valence-corrected chi connectivity index (χ3v) is 2.23. The van der Waals surface area contributed by atoms with Crippen molar-refractivity contribution in [1.29, 1.82) is 0 Å². The van der Waals surface area contributed by atoms with Crippen LogP contribution in [-0.4, -0.2) is 11.2 Å². The standard InChI is InChI=1S/C7H9ClF2O/c8-7(9,10)6(11)4-5-2-1-3-5/h5H,1-4H2. The van der Waals surface area contributed by atoms with Crippen LogP contribution in [0, 0.1) is 5.92 Å². The van der Waals surface area contributed by atoms with Gasteiger partial charge >= 0.3 is 5.38 Å². The normalized spacial score (nSPS) is 19.5. The minimum absolute atomic E-state index is 0.0590. The van der Waals surface area contributed by atoms with Gasteiger partial charge < -0.3 is 0 Å². The molecule has 0 saturated heterocycles. The van der Waals surface area contributed by atoms with Gasteiger partial charge in [-0.1, -0.05) is 19.3 Å². The van der Waals surface area contributed by atoms with Crippen LogP contribution in [0.3, 0.4) is 0 Å². The van der Waals surface area contributed by atoms with Gasteiger partial charge in [0.1, 0.15) is 0 Å². The Labute approximate surface area is 68.7 Å². The Hall–Kier alpha value is -0.180. The molecular weight excluding hydrogens is 174 g/mol. The van der Waals surface area contributed by atoms with Crippen molar-refractivity contribution in [2.45, 2.75) is 31.1 Å². The summed E-state index contributed by atoms with van der Waals surface area (Å²) >= 11 is 4.53. The first-order valence-electron chi connectivity index (χ1n) is 3.60. The van der Waals surface area contributed by atoms with E-state index in [1.807, 2.05) is 0 Å². The van der Waals surface area contributed by atoms with Gasteiger partial charge in [-0.2, -0.15) is 8.78 Å². The summed E-state index contributed by atoms with van der Waals surface area (Å²) in [5, 5.41) is -3.64. The molecule has 1 fully saturated rings. The number of hydrogen-bond acceptors (Lipinski definition) is 1. The second kappa shape index (κ2) is 3.05. The maximum atomic E-state index is 12.1. The van der Waals surface area contributed by atoms with E-state index in [4.69, 9.17) is 0 Å². The number of hydrogen-bond donors (Lipinski definition) is 0. The molecule has 0 aromatic heterocycles. The summed E-state index contributed by atoms with van der Waals surface area (Å²) in [5.41, 5.74) is 0. The molecule has 0 aliphatic heterocycles. The first-order chi connectivity index (χ1) is 5.00. The minimum atomic E-state index is -3.64. The number of Topliss-reactive ketones (excluding diaryl/α,β-unsaturated/α-hetero) is 1. The molecule has 0 heterocycles. The van der Waals surface area contributed by atoms with Gasteiger partial charge in [-0.15, -0.1) is 0 Å². The summed E-state index contributed by atoms with van der Waals surface area (Å²) in [7, 11) is 0. The van der Waals surface area contributed by atoms with Crippen LogP contribution in [0.4, 0.5) is 8.78 Å². The fourth-order valence-corrected chi connectivity index (χ4v) is 1.15. The van der Waals surface area contributed by atoms with Crippen molar-refractivity contribution >= 4 is 17.4 Å². The highest BCUT2D eigenvalue weighted by atomic mass is 35.5. The minimum Gasteiger partial charge on any atom is -0.291 e. The second-order valence-corrected chi connectivity index (χ2v) is 3.40. The van der Waals surface area contributed by atoms with Crippen LogP contribution in [0.25, 0.3) is 0 Å². The van der Waals surface area contributed by atoms with E-state index in [0.717, 1.165) is 19.3 Å². The molecule has 1 saturated carbocycles. The first kappa shape index (κ1) is 8.91. The third-order valence-electron chi connectivity index (χ3n) is 2.01. The Morgan fingerprint density at radius 3 is 2.36 bits per heavy atom. The highest BCUT2D eigenvalue weighted by Crippen LogP contribution is 2.33. The zero-order valence-electron chi connectivity index (χ0n) is 5.95. The SMILES string of the molecule is O=C(CC1CCC1)C(F)(F)Cl. The Balaban J connectivity index is 2.30. The van der Waals surface area contributed by atoms with Crippen molar-refractivity contribution in [3.05, 3.63) is 0 Å². The lowest BCUT2D eigenvalue weighted by Crippen LogP contribution is -2.26. The van der Waals surface area contributed by atoms with Crippen LogP contribution >= 0.6 is 11.6 Å². The van der Waals surface area contributed by atoms with Gasteiger partial charge in [-0.25, -0.2) is 0 Å². The molecule has 1 rings (SSSR count). The molecule has 0 aromatic rings. The first-order valence-corrected chi connectivity index (χ1v) is 3.98. The predicted molar refractivity (Wildman–Crippen MR) is 37.8 cm³/mol. The molecule has 0 aromatic carbocycles. The maximum Gasteiger partial charge on any atom is 0.380 e. The summed E-state index contributed by atoms with van der Waals surface area (Å²) < 4.78 is 24.1. The third kappa shape index (κ3) is 2.40. The fraction of sp³-hybridized carbons (Fsp3) is 0.857. The molecule has 1 aliphatic rings. The zero-order valence-corrected chi connectivity index (χ0v) is 6.70. The topological polar surface area (TPSA) is 17.1 Å². The number of rotatable bonds is 3. The van der Waals surface area contributed by atoms with Gasteiger partial charge in [0, 0.05) is 6.42 Å². The van der Waals surface area contributed by atoms with Crippen LogP contribution in [-0.2, 0) is 4.79 Å². The molecule has 0 radical (unpaired) electrons. The fourth-order valence-electron chi connectivity index (χ4n) is 1.07. The lowest BCUT2D eigenvalue weighted by atomic mass is 9.82. The second-order valence-electron chi connectivity index (χ2n) is 2.92. The van der Waals surface area contributed by atoms with E-state index in [1.54, 1.807) is 0 Å². The molecule has 1 nitrogen and oxygen atoms in total. The quantitative estimate of drug-likeness (QED) is 0.614. The molecular formula is C7H9ClF2O. The number of ketones is 1. The molecule has 11 heavy (non-hydrogen) atoms. The number of carbonyl (C=O) groups excluding carboxylic acids is 1. The summed E-state index contributed by atoms with van der Waals surface area (Å²) in [6.07, 6.45) is 2.76. The number of halogens is 3. The summed E-state index contributed by atoms with van der Waals surface area (Å²) in [6, 6.07) is 0. The molecule has 0 spiro atoms. The molecule has 1 aliphatic carbocycles. The van der Waals surface area contributed by atoms with Crippen LogP contribution in [0.2, 0.25) is 0 Å². The van der Waals surface area contributed by atoms with E-state index in [2.05, 4.69) is 11.6 Å². The average molecular weight is 183 g/mol. The smallest absolute Gasteiger partial charge is 0.291 e. The van der Waals surface area contributed by atoms with E-state index < -0.39 is 11.2 Å². The molecule has 0 unspecified atom stereocenters. The Bertz CT molecular complexity index is 160. The van der Waals surface area contributed by atoms with Crippen molar-refractivity contribution < 1.29 is 13.6 Å². The summed E-state index contributed by atoms with van der Waals surface area (Å²) in [4.78, 5) is 10.6. The Morgan fingerprint density at radius 1 is 1.55 bits per heavy atom. The van der Waals surface area contributed by atoms with E-state index in [9.17, 15) is 13.6 Å². The predicted octanol–water partition coefficient (Wildman–Crippen LogP) is 2.58.